The molecule has 1 unspecified atom stereocenters. The van der Waals surface area contributed by atoms with Crippen LogP contribution in [0.3, 0.4) is 0 Å². The van der Waals surface area contributed by atoms with Gasteiger partial charge in [0.25, 0.3) is 5.91 Å². The highest BCUT2D eigenvalue weighted by Crippen LogP contribution is 2.36. The molecule has 142 valence electrons. The summed E-state index contributed by atoms with van der Waals surface area (Å²) in [4.78, 5) is 24.0. The molecule has 0 saturated carbocycles. The molecule has 1 atom stereocenters. The molecule has 1 amide bonds. The normalized spacial score (nSPS) is 15.4. The predicted octanol–water partition coefficient (Wildman–Crippen LogP) is 4.45. The van der Waals surface area contributed by atoms with Crippen molar-refractivity contribution in [3.63, 3.8) is 0 Å². The first-order valence-corrected chi connectivity index (χ1v) is 9.64. The second kappa shape index (κ2) is 7.60. The Balaban J connectivity index is 1.57. The molecule has 6 heteroatoms. The fourth-order valence-electron chi connectivity index (χ4n) is 3.52. The maximum Gasteiger partial charge on any atom is 0.270 e. The Morgan fingerprint density at radius 2 is 1.93 bits per heavy atom. The number of rotatable bonds is 4. The van der Waals surface area contributed by atoms with Crippen molar-refractivity contribution >= 4 is 29.1 Å². The maximum atomic E-state index is 12.7. The Labute approximate surface area is 169 Å². The second-order valence-electron chi connectivity index (χ2n) is 7.06. The van der Waals surface area contributed by atoms with E-state index in [1.54, 1.807) is 6.07 Å². The van der Waals surface area contributed by atoms with Gasteiger partial charge in [0.05, 0.1) is 0 Å². The van der Waals surface area contributed by atoms with Gasteiger partial charge in [-0.1, -0.05) is 41.9 Å². The zero-order valence-corrected chi connectivity index (χ0v) is 16.6. The van der Waals surface area contributed by atoms with E-state index in [1.807, 2.05) is 43.3 Å². The quantitative estimate of drug-likeness (QED) is 0.712. The lowest BCUT2D eigenvalue weighted by molar-refractivity contribution is 0.0945. The van der Waals surface area contributed by atoms with E-state index in [0.717, 1.165) is 23.4 Å². The van der Waals surface area contributed by atoms with E-state index in [2.05, 4.69) is 39.2 Å². The Morgan fingerprint density at radius 3 is 2.71 bits per heavy atom. The zero-order valence-electron chi connectivity index (χ0n) is 15.8. The molecular formula is C22H21ClN4O. The van der Waals surface area contributed by atoms with E-state index < -0.39 is 0 Å². The molecule has 5 nitrogen and oxygen atoms in total. The standard InChI is InChI=1S/C22H21ClN4O/c1-14-11-19(21(28)24-13-16-7-9-18(23)10-8-16)26-22(25-14)27-15(2)12-17-5-3-4-6-20(17)27/h3-11,15H,12-13H2,1-2H3,(H,24,28). The molecule has 28 heavy (non-hydrogen) atoms. The number of benzene rings is 2. The van der Waals surface area contributed by atoms with Crippen LogP contribution in [0.5, 0.6) is 0 Å². The molecule has 1 aliphatic rings. The van der Waals surface area contributed by atoms with E-state index in [-0.39, 0.29) is 11.9 Å². The highest BCUT2D eigenvalue weighted by molar-refractivity contribution is 6.30. The number of nitrogens with one attached hydrogen (secondary N) is 1. The SMILES string of the molecule is Cc1cc(C(=O)NCc2ccc(Cl)cc2)nc(N2c3ccccc3CC2C)n1. The van der Waals surface area contributed by atoms with Gasteiger partial charge in [-0.2, -0.15) is 0 Å². The summed E-state index contributed by atoms with van der Waals surface area (Å²) in [6, 6.07) is 17.6. The number of carbonyl (C=O) groups excluding carboxylic acids is 1. The minimum Gasteiger partial charge on any atom is -0.347 e. The number of hydrogen-bond acceptors (Lipinski definition) is 4. The van der Waals surface area contributed by atoms with Crippen LogP contribution in [-0.4, -0.2) is 21.9 Å². The third-order valence-corrected chi connectivity index (χ3v) is 5.12. The van der Waals surface area contributed by atoms with Crippen molar-refractivity contribution in [1.82, 2.24) is 15.3 Å². The predicted molar refractivity (Wildman–Crippen MR) is 111 cm³/mol. The lowest BCUT2D eigenvalue weighted by Crippen LogP contribution is -2.29. The van der Waals surface area contributed by atoms with Crippen molar-refractivity contribution in [2.24, 2.45) is 0 Å². The fourth-order valence-corrected chi connectivity index (χ4v) is 3.65. The summed E-state index contributed by atoms with van der Waals surface area (Å²) in [5, 5.41) is 3.59. The van der Waals surface area contributed by atoms with Crippen molar-refractivity contribution in [3.05, 3.63) is 82.1 Å². The third kappa shape index (κ3) is 3.71. The van der Waals surface area contributed by atoms with Gasteiger partial charge in [-0.3, -0.25) is 4.79 Å². The topological polar surface area (TPSA) is 58.1 Å². The van der Waals surface area contributed by atoms with Gasteiger partial charge in [0.2, 0.25) is 5.95 Å². The summed E-state index contributed by atoms with van der Waals surface area (Å²) in [6.45, 7) is 4.44. The van der Waals surface area contributed by atoms with Crippen LogP contribution in [0.15, 0.2) is 54.6 Å². The van der Waals surface area contributed by atoms with Gasteiger partial charge in [-0.05, 0) is 55.7 Å². The van der Waals surface area contributed by atoms with E-state index in [1.165, 1.54) is 5.56 Å². The van der Waals surface area contributed by atoms with E-state index in [9.17, 15) is 4.79 Å². The van der Waals surface area contributed by atoms with E-state index in [4.69, 9.17) is 11.6 Å². The first kappa shape index (κ1) is 18.4. The highest BCUT2D eigenvalue weighted by atomic mass is 35.5. The molecule has 1 aromatic heterocycles. The van der Waals surface area contributed by atoms with Crippen LogP contribution in [0, 0.1) is 6.92 Å². The van der Waals surface area contributed by atoms with Crippen LogP contribution in [0.2, 0.25) is 5.02 Å². The maximum absolute atomic E-state index is 12.7. The number of halogens is 1. The molecule has 0 spiro atoms. The second-order valence-corrected chi connectivity index (χ2v) is 7.49. The molecule has 0 bridgehead atoms. The Morgan fingerprint density at radius 1 is 1.18 bits per heavy atom. The number of carbonyl (C=O) groups is 1. The lowest BCUT2D eigenvalue weighted by Gasteiger charge is -2.23. The van der Waals surface area contributed by atoms with Gasteiger partial charge in [-0.15, -0.1) is 0 Å². The number of hydrogen-bond donors (Lipinski definition) is 1. The summed E-state index contributed by atoms with van der Waals surface area (Å²) in [6.07, 6.45) is 0.936. The number of fused-ring (bicyclic) bond motifs is 1. The lowest BCUT2D eigenvalue weighted by atomic mass is 10.1. The smallest absolute Gasteiger partial charge is 0.270 e. The van der Waals surface area contributed by atoms with Crippen LogP contribution >= 0.6 is 11.6 Å². The van der Waals surface area contributed by atoms with Gasteiger partial charge in [0.1, 0.15) is 5.69 Å². The molecule has 1 N–H and O–H groups in total. The molecule has 3 aromatic rings. The number of para-hydroxylation sites is 1. The molecule has 0 fully saturated rings. The van der Waals surface area contributed by atoms with Gasteiger partial charge in [-0.25, -0.2) is 9.97 Å². The van der Waals surface area contributed by atoms with Gasteiger partial charge in [0, 0.05) is 29.0 Å². The average molecular weight is 393 g/mol. The molecule has 2 aromatic carbocycles. The van der Waals surface area contributed by atoms with Crippen molar-refractivity contribution in [2.75, 3.05) is 4.90 Å². The highest BCUT2D eigenvalue weighted by Gasteiger charge is 2.29. The fraction of sp³-hybridized carbons (Fsp3) is 0.227. The first-order chi connectivity index (χ1) is 13.5. The summed E-state index contributed by atoms with van der Waals surface area (Å²) in [5.74, 6) is 0.343. The molecule has 1 aliphatic heterocycles. The Kier molecular flexibility index (Phi) is 5.01. The van der Waals surface area contributed by atoms with Crippen molar-refractivity contribution in [3.8, 4) is 0 Å². The van der Waals surface area contributed by atoms with Crippen LogP contribution < -0.4 is 10.2 Å². The van der Waals surface area contributed by atoms with Crippen molar-refractivity contribution < 1.29 is 4.79 Å². The number of amides is 1. The molecule has 2 heterocycles. The molecule has 0 radical (unpaired) electrons. The summed E-state index contributed by atoms with van der Waals surface area (Å²) in [5.41, 5.74) is 4.49. The zero-order chi connectivity index (χ0) is 19.7. The first-order valence-electron chi connectivity index (χ1n) is 9.27. The minimum atomic E-state index is -0.221. The number of aromatic nitrogens is 2. The molecule has 0 aliphatic carbocycles. The van der Waals surface area contributed by atoms with Crippen LogP contribution in [0.25, 0.3) is 0 Å². The third-order valence-electron chi connectivity index (χ3n) is 4.86. The largest absolute Gasteiger partial charge is 0.347 e. The molecule has 0 saturated heterocycles. The minimum absolute atomic E-state index is 0.221. The van der Waals surface area contributed by atoms with Gasteiger partial charge in [0.15, 0.2) is 0 Å². The summed E-state index contributed by atoms with van der Waals surface area (Å²) in [7, 11) is 0. The van der Waals surface area contributed by atoms with Crippen LogP contribution in [-0.2, 0) is 13.0 Å². The van der Waals surface area contributed by atoms with E-state index >= 15 is 0 Å². The number of aryl methyl sites for hydroxylation is 1. The van der Waals surface area contributed by atoms with Crippen LogP contribution in [0.1, 0.15) is 34.2 Å². The Bertz CT molecular complexity index is 1020. The monoisotopic (exact) mass is 392 g/mol. The number of nitrogens with zero attached hydrogens (tertiary/aromatic N) is 3. The average Bonchev–Trinajstić information content (AvgIpc) is 3.02. The van der Waals surface area contributed by atoms with E-state index in [0.29, 0.717) is 23.2 Å². The van der Waals surface area contributed by atoms with Crippen LogP contribution in [0.4, 0.5) is 11.6 Å². The number of anilines is 2. The Hall–Kier alpha value is -2.92. The van der Waals surface area contributed by atoms with Crippen molar-refractivity contribution in [2.45, 2.75) is 32.9 Å². The summed E-state index contributed by atoms with van der Waals surface area (Å²) < 4.78 is 0. The van der Waals surface area contributed by atoms with Gasteiger partial charge < -0.3 is 10.2 Å². The molecule has 4 rings (SSSR count). The van der Waals surface area contributed by atoms with Crippen molar-refractivity contribution in [1.29, 1.82) is 0 Å². The summed E-state index contributed by atoms with van der Waals surface area (Å²) >= 11 is 5.91. The van der Waals surface area contributed by atoms with Gasteiger partial charge >= 0.3 is 0 Å². The molecular weight excluding hydrogens is 372 g/mol.